The molecule has 0 bridgehead atoms. The average molecular weight is 423 g/mol. The van der Waals surface area contributed by atoms with Gasteiger partial charge in [0, 0.05) is 11.1 Å². The number of hydrogen-bond acceptors (Lipinski definition) is 4. The molecule has 0 atom stereocenters. The van der Waals surface area contributed by atoms with Gasteiger partial charge in [0.15, 0.2) is 0 Å². The van der Waals surface area contributed by atoms with Crippen molar-refractivity contribution in [1.29, 1.82) is 0 Å². The van der Waals surface area contributed by atoms with E-state index in [1.165, 1.54) is 4.31 Å². The summed E-state index contributed by atoms with van der Waals surface area (Å²) in [6, 6.07) is 14.3. The van der Waals surface area contributed by atoms with Crippen LogP contribution in [0.25, 0.3) is 10.8 Å². The van der Waals surface area contributed by atoms with Gasteiger partial charge in [-0.25, -0.2) is 8.42 Å². The number of benzene rings is 2. The van der Waals surface area contributed by atoms with E-state index in [-0.39, 0.29) is 17.3 Å². The van der Waals surface area contributed by atoms with Crippen molar-refractivity contribution < 1.29 is 17.6 Å². The Hall–Kier alpha value is -3.06. The smallest absolute Gasteiger partial charge is 0.265 e. The molecule has 0 spiro atoms. The number of carbonyl (C=O) groups excluding carboxylic acids is 1. The highest BCUT2D eigenvalue weighted by atomic mass is 32.2. The van der Waals surface area contributed by atoms with E-state index in [2.05, 4.69) is 6.08 Å². The van der Waals surface area contributed by atoms with Gasteiger partial charge in [-0.15, -0.1) is 0 Å². The molecule has 2 aliphatic rings. The van der Waals surface area contributed by atoms with Crippen LogP contribution in [0.2, 0.25) is 0 Å². The molecule has 3 aromatic rings. The van der Waals surface area contributed by atoms with Crippen molar-refractivity contribution in [2.45, 2.75) is 37.1 Å². The maximum atomic E-state index is 13.4. The van der Waals surface area contributed by atoms with Crippen LogP contribution in [0.1, 0.15) is 31.4 Å². The second-order valence-electron chi connectivity index (χ2n) is 7.64. The summed E-state index contributed by atoms with van der Waals surface area (Å²) in [4.78, 5) is 15.4. The van der Waals surface area contributed by atoms with Gasteiger partial charge >= 0.3 is 0 Å². The zero-order valence-corrected chi connectivity index (χ0v) is 17.3. The van der Waals surface area contributed by atoms with Crippen molar-refractivity contribution in [3.63, 3.8) is 0 Å². The Morgan fingerprint density at radius 1 is 1.07 bits per heavy atom. The maximum absolute atomic E-state index is 13.4. The van der Waals surface area contributed by atoms with E-state index in [4.69, 9.17) is 4.42 Å². The SMILES string of the molecule is O=C(CN1c2cccc3cccc(c23)S1(=O)=O)N(Cc1ccco1)C1=CCCCC1. The third-order valence-corrected chi connectivity index (χ3v) is 7.57. The molecule has 1 amide bonds. The predicted molar refractivity (Wildman–Crippen MR) is 114 cm³/mol. The van der Waals surface area contributed by atoms with Gasteiger partial charge in [-0.2, -0.15) is 0 Å². The van der Waals surface area contributed by atoms with Crippen molar-refractivity contribution in [3.8, 4) is 0 Å². The first-order chi connectivity index (χ1) is 14.6. The number of nitrogens with zero attached hydrogens (tertiary/aromatic N) is 2. The fourth-order valence-corrected chi connectivity index (χ4v) is 5.97. The van der Waals surface area contributed by atoms with Crippen molar-refractivity contribution in [2.24, 2.45) is 0 Å². The molecular formula is C23H22N2O4S. The maximum Gasteiger partial charge on any atom is 0.265 e. The van der Waals surface area contributed by atoms with Crippen LogP contribution in [0.4, 0.5) is 5.69 Å². The van der Waals surface area contributed by atoms with E-state index < -0.39 is 10.0 Å². The van der Waals surface area contributed by atoms with Gasteiger partial charge in [0.2, 0.25) is 5.91 Å². The monoisotopic (exact) mass is 422 g/mol. The highest BCUT2D eigenvalue weighted by molar-refractivity contribution is 7.93. The topological polar surface area (TPSA) is 70.8 Å². The normalized spacial score (nSPS) is 17.2. The third-order valence-electron chi connectivity index (χ3n) is 5.77. The fraction of sp³-hybridized carbons (Fsp3) is 0.261. The zero-order chi connectivity index (χ0) is 20.7. The number of carbonyl (C=O) groups is 1. The molecule has 7 heteroatoms. The molecule has 1 aliphatic carbocycles. The van der Waals surface area contributed by atoms with Crippen LogP contribution < -0.4 is 4.31 Å². The molecule has 1 aliphatic heterocycles. The Morgan fingerprint density at radius 3 is 2.63 bits per heavy atom. The minimum Gasteiger partial charge on any atom is -0.467 e. The number of allylic oxidation sites excluding steroid dienone is 2. The molecule has 0 fully saturated rings. The summed E-state index contributed by atoms with van der Waals surface area (Å²) in [5.74, 6) is 0.414. The summed E-state index contributed by atoms with van der Waals surface area (Å²) in [7, 11) is -3.78. The highest BCUT2D eigenvalue weighted by Crippen LogP contribution is 2.42. The molecular weight excluding hydrogens is 400 g/mol. The van der Waals surface area contributed by atoms with E-state index in [0.29, 0.717) is 23.4 Å². The van der Waals surface area contributed by atoms with E-state index >= 15 is 0 Å². The Labute approximate surface area is 175 Å². The lowest BCUT2D eigenvalue weighted by Crippen LogP contribution is -2.41. The van der Waals surface area contributed by atoms with Crippen LogP contribution in [0.3, 0.4) is 0 Å². The predicted octanol–water partition coefficient (Wildman–Crippen LogP) is 4.43. The third kappa shape index (κ3) is 3.10. The second-order valence-corrected chi connectivity index (χ2v) is 9.47. The number of sulfonamides is 1. The van der Waals surface area contributed by atoms with E-state index in [9.17, 15) is 13.2 Å². The molecule has 2 heterocycles. The first-order valence-corrected chi connectivity index (χ1v) is 11.6. The molecule has 5 rings (SSSR count). The molecule has 1 aromatic heterocycles. The van der Waals surface area contributed by atoms with Crippen molar-refractivity contribution >= 4 is 32.4 Å². The van der Waals surface area contributed by atoms with Gasteiger partial charge < -0.3 is 9.32 Å². The number of rotatable bonds is 5. The minimum atomic E-state index is -3.78. The molecule has 0 radical (unpaired) electrons. The van der Waals surface area contributed by atoms with Gasteiger partial charge in [0.25, 0.3) is 10.0 Å². The minimum absolute atomic E-state index is 0.242. The summed E-state index contributed by atoms with van der Waals surface area (Å²) in [6.45, 7) is 0.0525. The van der Waals surface area contributed by atoms with Crippen LogP contribution in [-0.2, 0) is 21.4 Å². The van der Waals surface area contributed by atoms with Crippen LogP contribution in [0, 0.1) is 0 Å². The molecule has 154 valence electrons. The zero-order valence-electron chi connectivity index (χ0n) is 16.5. The molecule has 0 saturated heterocycles. The Kier molecular flexibility index (Phi) is 4.62. The summed E-state index contributed by atoms with van der Waals surface area (Å²) in [5, 5.41) is 1.54. The van der Waals surface area contributed by atoms with E-state index in [1.807, 2.05) is 24.3 Å². The Morgan fingerprint density at radius 2 is 1.90 bits per heavy atom. The van der Waals surface area contributed by atoms with E-state index in [0.717, 1.165) is 36.8 Å². The van der Waals surface area contributed by atoms with Crippen molar-refractivity contribution in [2.75, 3.05) is 10.8 Å². The number of furan rings is 1. The Bertz CT molecular complexity index is 1240. The largest absolute Gasteiger partial charge is 0.467 e. The molecule has 30 heavy (non-hydrogen) atoms. The van der Waals surface area contributed by atoms with E-state index in [1.54, 1.807) is 35.4 Å². The van der Waals surface area contributed by atoms with Gasteiger partial charge in [-0.1, -0.05) is 30.3 Å². The summed E-state index contributed by atoms with van der Waals surface area (Å²) in [5.41, 5.74) is 1.50. The lowest BCUT2D eigenvalue weighted by Gasteiger charge is -2.29. The van der Waals surface area contributed by atoms with Crippen molar-refractivity contribution in [1.82, 2.24) is 4.90 Å². The van der Waals surface area contributed by atoms with Crippen LogP contribution in [0.5, 0.6) is 0 Å². The van der Waals surface area contributed by atoms with Crippen LogP contribution in [-0.4, -0.2) is 25.8 Å². The number of hydrogen-bond donors (Lipinski definition) is 0. The quantitative estimate of drug-likeness (QED) is 0.610. The molecule has 2 aromatic carbocycles. The van der Waals surface area contributed by atoms with Gasteiger partial charge in [0.05, 0.1) is 23.4 Å². The Balaban J connectivity index is 1.50. The first-order valence-electron chi connectivity index (χ1n) is 10.1. The summed E-state index contributed by atoms with van der Waals surface area (Å²) in [6.07, 6.45) is 7.50. The fourth-order valence-electron chi connectivity index (χ4n) is 4.31. The number of anilines is 1. The molecule has 0 unspecified atom stereocenters. The lowest BCUT2D eigenvalue weighted by atomic mass is 10.0. The molecule has 0 N–H and O–H groups in total. The summed E-state index contributed by atoms with van der Waals surface area (Å²) < 4.78 is 33.2. The van der Waals surface area contributed by atoms with Crippen molar-refractivity contribution in [3.05, 3.63) is 72.3 Å². The first kappa shape index (κ1) is 18.9. The summed E-state index contributed by atoms with van der Waals surface area (Å²) >= 11 is 0. The molecule has 0 saturated carbocycles. The van der Waals surface area contributed by atoms with Crippen LogP contribution in [0.15, 0.2) is 75.9 Å². The lowest BCUT2D eigenvalue weighted by molar-refractivity contribution is -0.128. The van der Waals surface area contributed by atoms with Gasteiger partial charge in [-0.05, 0) is 55.3 Å². The highest BCUT2D eigenvalue weighted by Gasteiger charge is 2.37. The van der Waals surface area contributed by atoms with Gasteiger partial charge in [0.1, 0.15) is 12.3 Å². The standard InChI is InChI=1S/C23H22N2O4S/c26-22(24(15-19-11-6-14-29-19)18-9-2-1-3-10-18)16-25-20-12-4-7-17-8-5-13-21(23(17)20)30(25,27)28/h4-9,11-14H,1-3,10,15-16H2. The second kappa shape index (κ2) is 7.32. The van der Waals surface area contributed by atoms with Gasteiger partial charge in [-0.3, -0.25) is 9.10 Å². The number of amides is 1. The average Bonchev–Trinajstić information content (AvgIpc) is 3.35. The molecule has 6 nitrogen and oxygen atoms in total. The van der Waals surface area contributed by atoms with Crippen LogP contribution >= 0.6 is 0 Å².